The topological polar surface area (TPSA) is 161 Å². The Morgan fingerprint density at radius 3 is 2.96 bits per heavy atom. The van der Waals surface area contributed by atoms with Gasteiger partial charge >= 0.3 is 12.0 Å². The molecule has 1 aliphatic heterocycles. The Morgan fingerprint density at radius 2 is 2.25 bits per heavy atom. The lowest BCUT2D eigenvalue weighted by Gasteiger charge is -2.21. The molecule has 6 N–H and O–H groups in total. The van der Waals surface area contributed by atoms with Gasteiger partial charge in [0.05, 0.1) is 12.6 Å². The van der Waals surface area contributed by atoms with E-state index in [0.717, 1.165) is 12.8 Å². The van der Waals surface area contributed by atoms with Crippen LogP contribution in [0.1, 0.15) is 49.9 Å². The number of nitrogens with two attached hydrogens (primary N) is 2. The zero-order valence-electron chi connectivity index (χ0n) is 13.5. The second-order valence-corrected chi connectivity index (χ2v) is 5.79. The quantitative estimate of drug-likeness (QED) is 0.479. The Labute approximate surface area is 139 Å². The number of nitrogens with one attached hydrogen (secondary N) is 1. The molecule has 2 unspecified atom stereocenters. The molecule has 2 heterocycles. The second-order valence-electron chi connectivity index (χ2n) is 5.79. The summed E-state index contributed by atoms with van der Waals surface area (Å²) >= 11 is 0. The fraction of sp³-hybridized carbons (Fsp3) is 0.714. The Morgan fingerprint density at radius 1 is 1.46 bits per heavy atom. The van der Waals surface area contributed by atoms with Crippen molar-refractivity contribution in [2.24, 2.45) is 11.5 Å². The van der Waals surface area contributed by atoms with Gasteiger partial charge in [-0.2, -0.15) is 4.98 Å². The molecule has 0 aliphatic carbocycles. The molecule has 0 bridgehead atoms. The van der Waals surface area contributed by atoms with Gasteiger partial charge in [-0.3, -0.25) is 0 Å². The van der Waals surface area contributed by atoms with Crippen LogP contribution in [0.3, 0.4) is 0 Å². The third-order valence-corrected chi connectivity index (χ3v) is 3.97. The van der Waals surface area contributed by atoms with Crippen LogP contribution in [0.5, 0.6) is 0 Å². The monoisotopic (exact) mass is 340 g/mol. The average Bonchev–Trinajstić information content (AvgIpc) is 3.22. The third kappa shape index (κ3) is 4.65. The molecule has 2 rings (SSSR count). The highest BCUT2D eigenvalue weighted by Gasteiger charge is 2.34. The number of aliphatic carboxylic acids is 1. The van der Waals surface area contributed by atoms with E-state index in [2.05, 4.69) is 15.5 Å². The van der Waals surface area contributed by atoms with Gasteiger partial charge in [0.2, 0.25) is 5.89 Å². The number of carboxylic acids is 1. The van der Waals surface area contributed by atoms with Crippen molar-refractivity contribution in [1.29, 1.82) is 0 Å². The first-order chi connectivity index (χ1) is 11.5. The molecular formula is C14H24N6O4. The molecule has 0 aromatic carbocycles. The van der Waals surface area contributed by atoms with Gasteiger partial charge in [0.25, 0.3) is 0 Å². The maximum absolute atomic E-state index is 12.1. The summed E-state index contributed by atoms with van der Waals surface area (Å²) in [5, 5.41) is 15.5. The predicted molar refractivity (Wildman–Crippen MR) is 83.7 cm³/mol. The Balaban J connectivity index is 1.82. The Bertz CT molecular complexity index is 563. The van der Waals surface area contributed by atoms with Gasteiger partial charge in [-0.15, -0.1) is 0 Å². The molecule has 0 spiro atoms. The number of carboxylic acid groups (broad SMARTS) is 1. The van der Waals surface area contributed by atoms with Crippen LogP contribution in [0.2, 0.25) is 0 Å². The average molecular weight is 340 g/mol. The number of carbonyl (C=O) groups is 2. The number of unbranched alkanes of at least 4 members (excludes halogenated alkanes) is 1. The minimum atomic E-state index is -0.994. The molecule has 134 valence electrons. The van der Waals surface area contributed by atoms with Gasteiger partial charge in [-0.25, -0.2) is 9.59 Å². The van der Waals surface area contributed by atoms with Crippen molar-refractivity contribution >= 4 is 12.0 Å². The lowest BCUT2D eigenvalue weighted by molar-refractivity contribution is -0.141. The van der Waals surface area contributed by atoms with Crippen molar-refractivity contribution in [3.05, 3.63) is 11.7 Å². The number of nitrogens with zero attached hydrogens (tertiary/aromatic N) is 3. The standard InChI is InChI=1S/C14H24N6O4/c15-6-2-1-4-9(16)12-18-11(24-19-12)8-17-14(23)20-7-3-5-10(20)13(21)22/h9-10H,1-8,15-16H2,(H,17,23)(H,21,22). The number of hydrogen-bond acceptors (Lipinski definition) is 7. The zero-order valence-corrected chi connectivity index (χ0v) is 13.5. The van der Waals surface area contributed by atoms with Crippen LogP contribution in [0.15, 0.2) is 4.52 Å². The zero-order chi connectivity index (χ0) is 17.5. The molecule has 1 aromatic rings. The Kier molecular flexibility index (Phi) is 6.50. The highest BCUT2D eigenvalue weighted by atomic mass is 16.5. The maximum Gasteiger partial charge on any atom is 0.326 e. The summed E-state index contributed by atoms with van der Waals surface area (Å²) in [5.74, 6) is -0.370. The summed E-state index contributed by atoms with van der Waals surface area (Å²) in [7, 11) is 0. The van der Waals surface area contributed by atoms with Crippen molar-refractivity contribution in [3.63, 3.8) is 0 Å². The van der Waals surface area contributed by atoms with Crippen molar-refractivity contribution in [2.75, 3.05) is 13.1 Å². The van der Waals surface area contributed by atoms with Crippen molar-refractivity contribution in [1.82, 2.24) is 20.4 Å². The van der Waals surface area contributed by atoms with Gasteiger partial charge < -0.3 is 31.3 Å². The minimum Gasteiger partial charge on any atom is -0.480 e. The number of carbonyl (C=O) groups excluding carboxylic acids is 1. The van der Waals surface area contributed by atoms with Gasteiger partial charge in [0.1, 0.15) is 6.04 Å². The number of aromatic nitrogens is 2. The normalized spacial score (nSPS) is 18.6. The molecule has 0 saturated carbocycles. The molecule has 2 amide bonds. The lowest BCUT2D eigenvalue weighted by Crippen LogP contribution is -2.45. The fourth-order valence-electron chi connectivity index (χ4n) is 2.65. The smallest absolute Gasteiger partial charge is 0.326 e. The predicted octanol–water partition coefficient (Wildman–Crippen LogP) is -0.0430. The van der Waals surface area contributed by atoms with E-state index in [-0.39, 0.29) is 18.5 Å². The first kappa shape index (κ1) is 18.1. The first-order valence-electron chi connectivity index (χ1n) is 8.08. The summed E-state index contributed by atoms with van der Waals surface area (Å²) < 4.78 is 5.06. The van der Waals surface area contributed by atoms with Crippen LogP contribution >= 0.6 is 0 Å². The van der Waals surface area contributed by atoms with Crippen molar-refractivity contribution in [3.8, 4) is 0 Å². The van der Waals surface area contributed by atoms with Crippen LogP contribution in [0, 0.1) is 0 Å². The van der Waals surface area contributed by atoms with E-state index in [1.54, 1.807) is 0 Å². The van der Waals surface area contributed by atoms with Gasteiger partial charge in [0, 0.05) is 6.54 Å². The number of amides is 2. The number of likely N-dealkylation sites (tertiary alicyclic amines) is 1. The van der Waals surface area contributed by atoms with E-state index < -0.39 is 18.0 Å². The summed E-state index contributed by atoms with van der Waals surface area (Å²) in [6.07, 6.45) is 3.60. The van der Waals surface area contributed by atoms with E-state index in [1.807, 2.05) is 0 Å². The molecule has 10 heteroatoms. The van der Waals surface area contributed by atoms with Crippen molar-refractivity contribution < 1.29 is 19.2 Å². The molecule has 24 heavy (non-hydrogen) atoms. The molecule has 0 radical (unpaired) electrons. The van der Waals surface area contributed by atoms with Crippen LogP contribution < -0.4 is 16.8 Å². The van der Waals surface area contributed by atoms with E-state index in [4.69, 9.17) is 21.1 Å². The summed E-state index contributed by atoms with van der Waals surface area (Å²) in [6, 6.07) is -1.56. The lowest BCUT2D eigenvalue weighted by atomic mass is 10.1. The van der Waals surface area contributed by atoms with E-state index >= 15 is 0 Å². The minimum absolute atomic E-state index is 0.0319. The molecule has 10 nitrogen and oxygen atoms in total. The molecule has 1 fully saturated rings. The number of urea groups is 1. The molecule has 1 saturated heterocycles. The SMILES string of the molecule is NCCCCC(N)c1noc(CNC(=O)N2CCCC2C(=O)O)n1. The molecule has 1 aromatic heterocycles. The molecule has 2 atom stereocenters. The number of hydrogen-bond donors (Lipinski definition) is 4. The van der Waals surface area contributed by atoms with Crippen LogP contribution in [-0.2, 0) is 11.3 Å². The largest absolute Gasteiger partial charge is 0.480 e. The summed E-state index contributed by atoms with van der Waals surface area (Å²) in [4.78, 5) is 28.6. The van der Waals surface area contributed by atoms with E-state index in [1.165, 1.54) is 4.90 Å². The van der Waals surface area contributed by atoms with Gasteiger partial charge in [0.15, 0.2) is 5.82 Å². The van der Waals surface area contributed by atoms with Crippen LogP contribution in [0.4, 0.5) is 4.79 Å². The van der Waals surface area contributed by atoms with E-state index in [9.17, 15) is 9.59 Å². The van der Waals surface area contributed by atoms with Gasteiger partial charge in [-0.05, 0) is 32.2 Å². The first-order valence-corrected chi connectivity index (χ1v) is 8.08. The maximum atomic E-state index is 12.1. The van der Waals surface area contributed by atoms with Crippen LogP contribution in [-0.4, -0.2) is 51.3 Å². The third-order valence-electron chi connectivity index (χ3n) is 3.97. The summed E-state index contributed by atoms with van der Waals surface area (Å²) in [6.45, 7) is 1.07. The summed E-state index contributed by atoms with van der Waals surface area (Å²) in [5.41, 5.74) is 11.4. The Hall–Kier alpha value is -2.20. The van der Waals surface area contributed by atoms with Crippen molar-refractivity contribution in [2.45, 2.75) is 50.7 Å². The van der Waals surface area contributed by atoms with Gasteiger partial charge in [-0.1, -0.05) is 11.6 Å². The highest BCUT2D eigenvalue weighted by molar-refractivity contribution is 5.83. The fourth-order valence-corrected chi connectivity index (χ4v) is 2.65. The number of rotatable bonds is 8. The van der Waals surface area contributed by atoms with E-state index in [0.29, 0.717) is 38.2 Å². The molecular weight excluding hydrogens is 316 g/mol. The highest BCUT2D eigenvalue weighted by Crippen LogP contribution is 2.17. The van der Waals surface area contributed by atoms with Crippen LogP contribution in [0.25, 0.3) is 0 Å². The second kappa shape index (κ2) is 8.60. The molecule has 1 aliphatic rings.